The zero-order valence-corrected chi connectivity index (χ0v) is 12.5. The van der Waals surface area contributed by atoms with Crippen LogP contribution in [0, 0.1) is 15.9 Å². The van der Waals surface area contributed by atoms with Crippen LogP contribution in [-0.4, -0.2) is 10.0 Å². The van der Waals surface area contributed by atoms with Gasteiger partial charge in [0.15, 0.2) is 11.6 Å². The van der Waals surface area contributed by atoms with E-state index in [9.17, 15) is 19.6 Å². The normalized spacial score (nSPS) is 12.0. The number of nitro groups is 1. The van der Waals surface area contributed by atoms with Crippen molar-refractivity contribution in [3.63, 3.8) is 0 Å². The van der Waals surface area contributed by atoms with E-state index in [-0.39, 0.29) is 22.7 Å². The minimum Gasteiger partial charge on any atom is -0.454 e. The predicted molar refractivity (Wildman–Crippen MR) is 77.9 cm³/mol. The first-order valence-corrected chi connectivity index (χ1v) is 6.77. The molecule has 0 amide bonds. The highest BCUT2D eigenvalue weighted by atomic mass is 79.9. The highest BCUT2D eigenvalue weighted by Crippen LogP contribution is 2.35. The molecule has 110 valence electrons. The van der Waals surface area contributed by atoms with Gasteiger partial charge in [0.25, 0.3) is 5.69 Å². The maximum Gasteiger partial charge on any atom is 0.274 e. The Kier molecular flexibility index (Phi) is 4.54. The van der Waals surface area contributed by atoms with E-state index in [4.69, 9.17) is 4.74 Å². The van der Waals surface area contributed by atoms with E-state index in [1.807, 2.05) is 0 Å². The fourth-order valence-corrected chi connectivity index (χ4v) is 2.25. The number of halogens is 2. The van der Waals surface area contributed by atoms with Crippen molar-refractivity contribution in [2.75, 3.05) is 0 Å². The molecule has 0 fully saturated rings. The summed E-state index contributed by atoms with van der Waals surface area (Å²) in [6.07, 6.45) is -0.933. The number of para-hydroxylation sites is 1. The molecule has 0 saturated heterocycles. The summed E-state index contributed by atoms with van der Waals surface area (Å²) in [6.45, 7) is 1.48. The Bertz CT molecular complexity index is 691. The average Bonchev–Trinajstić information content (AvgIpc) is 2.40. The lowest BCUT2D eigenvalue weighted by Gasteiger charge is -2.14. The third-order valence-electron chi connectivity index (χ3n) is 2.73. The van der Waals surface area contributed by atoms with E-state index in [1.165, 1.54) is 43.3 Å². The molecule has 2 aromatic rings. The van der Waals surface area contributed by atoms with Crippen LogP contribution < -0.4 is 4.74 Å². The number of benzene rings is 2. The SMILES string of the molecule is C[C@H](O)c1cccc(F)c1Oc1cc(Br)cc([N+](=O)[O-])c1. The maximum absolute atomic E-state index is 13.9. The van der Waals surface area contributed by atoms with Crippen LogP contribution in [0.2, 0.25) is 0 Å². The van der Waals surface area contributed by atoms with E-state index in [1.54, 1.807) is 0 Å². The molecule has 21 heavy (non-hydrogen) atoms. The Morgan fingerprint density at radius 1 is 1.38 bits per heavy atom. The first-order chi connectivity index (χ1) is 9.88. The second kappa shape index (κ2) is 6.19. The van der Waals surface area contributed by atoms with Crippen molar-refractivity contribution in [2.24, 2.45) is 0 Å². The van der Waals surface area contributed by atoms with Crippen molar-refractivity contribution in [3.8, 4) is 11.5 Å². The van der Waals surface area contributed by atoms with E-state index in [0.29, 0.717) is 4.47 Å². The van der Waals surface area contributed by atoms with E-state index in [2.05, 4.69) is 15.9 Å². The van der Waals surface area contributed by atoms with Gasteiger partial charge in [0.1, 0.15) is 5.75 Å². The Balaban J connectivity index is 2.45. The molecule has 0 aliphatic rings. The fourth-order valence-electron chi connectivity index (χ4n) is 1.79. The Morgan fingerprint density at radius 2 is 2.10 bits per heavy atom. The number of aliphatic hydroxyl groups excluding tert-OH is 1. The van der Waals surface area contributed by atoms with E-state index >= 15 is 0 Å². The highest BCUT2D eigenvalue weighted by Gasteiger charge is 2.17. The topological polar surface area (TPSA) is 72.6 Å². The molecule has 7 heteroatoms. The maximum atomic E-state index is 13.9. The molecule has 0 saturated carbocycles. The summed E-state index contributed by atoms with van der Waals surface area (Å²) in [4.78, 5) is 10.2. The van der Waals surface area contributed by atoms with Crippen molar-refractivity contribution in [2.45, 2.75) is 13.0 Å². The third kappa shape index (κ3) is 3.56. The molecule has 0 bridgehead atoms. The van der Waals surface area contributed by atoms with Crippen LogP contribution >= 0.6 is 15.9 Å². The Morgan fingerprint density at radius 3 is 2.71 bits per heavy atom. The summed E-state index contributed by atoms with van der Waals surface area (Å²) in [5, 5.41) is 20.5. The van der Waals surface area contributed by atoms with Crippen molar-refractivity contribution in [1.29, 1.82) is 0 Å². The van der Waals surface area contributed by atoms with Crippen molar-refractivity contribution in [3.05, 3.63) is 62.4 Å². The number of nitro benzene ring substituents is 1. The molecule has 0 spiro atoms. The summed E-state index contributed by atoms with van der Waals surface area (Å²) >= 11 is 3.13. The quantitative estimate of drug-likeness (QED) is 0.653. The summed E-state index contributed by atoms with van der Waals surface area (Å²) in [7, 11) is 0. The molecule has 0 aromatic heterocycles. The molecule has 0 heterocycles. The van der Waals surface area contributed by atoms with Gasteiger partial charge in [-0.15, -0.1) is 0 Å². The number of rotatable bonds is 4. The van der Waals surface area contributed by atoms with Gasteiger partial charge in [-0.2, -0.15) is 0 Å². The van der Waals surface area contributed by atoms with E-state index in [0.717, 1.165) is 0 Å². The average molecular weight is 356 g/mol. The Hall–Kier alpha value is -1.99. The van der Waals surface area contributed by atoms with Crippen molar-refractivity contribution < 1.29 is 19.2 Å². The highest BCUT2D eigenvalue weighted by molar-refractivity contribution is 9.10. The van der Waals surface area contributed by atoms with Crippen LogP contribution in [0.5, 0.6) is 11.5 Å². The predicted octanol–water partition coefficient (Wildman–Crippen LogP) is 4.34. The van der Waals surface area contributed by atoms with Gasteiger partial charge in [0.05, 0.1) is 17.1 Å². The first-order valence-electron chi connectivity index (χ1n) is 5.98. The smallest absolute Gasteiger partial charge is 0.274 e. The van der Waals surface area contributed by atoms with Gasteiger partial charge in [-0.05, 0) is 19.1 Å². The monoisotopic (exact) mass is 355 g/mol. The summed E-state index contributed by atoms with van der Waals surface area (Å²) in [5.74, 6) is -0.709. The van der Waals surface area contributed by atoms with Crippen molar-refractivity contribution >= 4 is 21.6 Å². The molecular formula is C14H11BrFNO4. The second-order valence-corrected chi connectivity index (χ2v) is 5.25. The molecule has 0 radical (unpaired) electrons. The molecule has 5 nitrogen and oxygen atoms in total. The lowest BCUT2D eigenvalue weighted by Crippen LogP contribution is -1.99. The van der Waals surface area contributed by atoms with Gasteiger partial charge >= 0.3 is 0 Å². The minimum absolute atomic E-state index is 0.100. The molecule has 0 unspecified atom stereocenters. The van der Waals surface area contributed by atoms with Gasteiger partial charge in [-0.25, -0.2) is 4.39 Å². The molecule has 1 atom stereocenters. The summed E-state index contributed by atoms with van der Waals surface area (Å²) < 4.78 is 19.7. The molecular weight excluding hydrogens is 345 g/mol. The van der Waals surface area contributed by atoms with Gasteiger partial charge < -0.3 is 9.84 Å². The van der Waals surface area contributed by atoms with Crippen LogP contribution in [0.25, 0.3) is 0 Å². The molecule has 2 aromatic carbocycles. The third-order valence-corrected chi connectivity index (χ3v) is 3.19. The van der Waals surface area contributed by atoms with Gasteiger partial charge in [-0.3, -0.25) is 10.1 Å². The molecule has 0 aliphatic carbocycles. The number of non-ortho nitro benzene ring substituents is 1. The second-order valence-electron chi connectivity index (χ2n) is 4.34. The van der Waals surface area contributed by atoms with Crippen LogP contribution in [0.15, 0.2) is 40.9 Å². The number of nitrogens with zero attached hydrogens (tertiary/aromatic N) is 1. The standard InChI is InChI=1S/C14H11BrFNO4/c1-8(18)12-3-2-4-13(16)14(12)21-11-6-9(15)5-10(7-11)17(19)20/h2-8,18H,1H3/t8-/m0/s1. The van der Waals surface area contributed by atoms with E-state index < -0.39 is 16.8 Å². The molecule has 0 aliphatic heterocycles. The lowest BCUT2D eigenvalue weighted by atomic mass is 10.1. The number of aliphatic hydroxyl groups is 1. The Labute approximate surface area is 128 Å². The van der Waals surface area contributed by atoms with Gasteiger partial charge in [-0.1, -0.05) is 28.1 Å². The number of ether oxygens (including phenoxy) is 1. The number of hydrogen-bond acceptors (Lipinski definition) is 4. The summed E-state index contributed by atoms with van der Waals surface area (Å²) in [5.41, 5.74) is 0.0759. The van der Waals surface area contributed by atoms with Crippen LogP contribution in [-0.2, 0) is 0 Å². The summed E-state index contributed by atoms with van der Waals surface area (Å²) in [6, 6.07) is 8.13. The fraction of sp³-hybridized carbons (Fsp3) is 0.143. The molecule has 2 rings (SSSR count). The van der Waals surface area contributed by atoms with Crippen LogP contribution in [0.3, 0.4) is 0 Å². The van der Waals surface area contributed by atoms with Crippen LogP contribution in [0.1, 0.15) is 18.6 Å². The zero-order valence-electron chi connectivity index (χ0n) is 10.9. The number of hydrogen-bond donors (Lipinski definition) is 1. The largest absolute Gasteiger partial charge is 0.454 e. The van der Waals surface area contributed by atoms with Crippen molar-refractivity contribution in [1.82, 2.24) is 0 Å². The van der Waals surface area contributed by atoms with Gasteiger partial charge in [0.2, 0.25) is 0 Å². The zero-order chi connectivity index (χ0) is 15.6. The minimum atomic E-state index is -0.933. The van der Waals surface area contributed by atoms with Crippen LogP contribution in [0.4, 0.5) is 10.1 Å². The van der Waals surface area contributed by atoms with Gasteiger partial charge in [0, 0.05) is 16.1 Å². The first kappa shape index (κ1) is 15.4. The molecule has 1 N–H and O–H groups in total. The lowest BCUT2D eigenvalue weighted by molar-refractivity contribution is -0.385.